The molecule has 0 aliphatic heterocycles. The molecule has 1 aromatic carbocycles. The fourth-order valence-electron chi connectivity index (χ4n) is 2.95. The highest BCUT2D eigenvalue weighted by atomic mass is 35.5. The Balaban J connectivity index is 0.00000225. The fourth-order valence-corrected chi connectivity index (χ4v) is 4.55. The number of nitrogens with one attached hydrogen (secondary N) is 1. The van der Waals surface area contributed by atoms with E-state index in [1.807, 2.05) is 36.9 Å². The Bertz CT molecular complexity index is 705. The third kappa shape index (κ3) is 5.40. The molecule has 0 atom stereocenters. The normalized spacial score (nSPS) is 13.1. The second-order valence-corrected chi connectivity index (χ2v) is 7.85. The van der Waals surface area contributed by atoms with Crippen LogP contribution in [0.2, 0.25) is 10.0 Å². The van der Waals surface area contributed by atoms with Gasteiger partial charge in [-0.25, -0.2) is 9.97 Å². The van der Waals surface area contributed by atoms with Gasteiger partial charge in [0.25, 0.3) is 0 Å². The number of aromatic nitrogens is 2. The van der Waals surface area contributed by atoms with Gasteiger partial charge in [0.2, 0.25) is 0 Å². The summed E-state index contributed by atoms with van der Waals surface area (Å²) >= 11 is 14.2. The van der Waals surface area contributed by atoms with Crippen LogP contribution < -0.4 is 5.32 Å². The highest BCUT2D eigenvalue weighted by molar-refractivity contribution is 7.98. The summed E-state index contributed by atoms with van der Waals surface area (Å²) in [4.78, 5) is 9.19. The van der Waals surface area contributed by atoms with Gasteiger partial charge < -0.3 is 5.32 Å². The minimum atomic E-state index is 0. The van der Waals surface area contributed by atoms with Crippen LogP contribution in [-0.4, -0.2) is 22.3 Å². The van der Waals surface area contributed by atoms with Gasteiger partial charge in [0.15, 0.2) is 0 Å². The van der Waals surface area contributed by atoms with Crippen molar-refractivity contribution in [2.24, 2.45) is 0 Å². The zero-order chi connectivity index (χ0) is 16.9. The van der Waals surface area contributed by atoms with E-state index in [9.17, 15) is 0 Å². The molecule has 136 valence electrons. The number of aryl methyl sites for hydroxylation is 2. The lowest BCUT2D eigenvalue weighted by Gasteiger charge is -2.19. The van der Waals surface area contributed by atoms with Gasteiger partial charge in [0, 0.05) is 39.4 Å². The van der Waals surface area contributed by atoms with Crippen molar-refractivity contribution >= 4 is 53.2 Å². The van der Waals surface area contributed by atoms with Crippen molar-refractivity contribution in [3.05, 3.63) is 50.9 Å². The molecule has 3 nitrogen and oxygen atoms in total. The molecule has 0 amide bonds. The van der Waals surface area contributed by atoms with Crippen molar-refractivity contribution in [3.63, 3.8) is 0 Å². The fraction of sp³-hybridized carbons (Fsp3) is 0.444. The topological polar surface area (TPSA) is 37.8 Å². The number of hydrogen-bond donors (Lipinski definition) is 1. The maximum absolute atomic E-state index is 6.20. The molecule has 0 saturated heterocycles. The first kappa shape index (κ1) is 20.6. The number of halogens is 3. The van der Waals surface area contributed by atoms with E-state index in [1.54, 1.807) is 0 Å². The Kier molecular flexibility index (Phi) is 8.14. The van der Waals surface area contributed by atoms with Crippen molar-refractivity contribution in [2.45, 2.75) is 38.4 Å². The molecule has 1 N–H and O–H groups in total. The molecule has 0 radical (unpaired) electrons. The highest BCUT2D eigenvalue weighted by Gasteiger charge is 2.16. The minimum Gasteiger partial charge on any atom is -0.369 e. The first-order valence-corrected chi connectivity index (χ1v) is 10.2. The average Bonchev–Trinajstić information content (AvgIpc) is 2.56. The number of benzene rings is 1. The van der Waals surface area contributed by atoms with Crippen LogP contribution in [0.15, 0.2) is 18.2 Å². The van der Waals surface area contributed by atoms with Crippen LogP contribution in [-0.2, 0) is 18.6 Å². The molecule has 0 unspecified atom stereocenters. The van der Waals surface area contributed by atoms with E-state index in [0.717, 1.165) is 58.1 Å². The van der Waals surface area contributed by atoms with Gasteiger partial charge in [-0.3, -0.25) is 0 Å². The van der Waals surface area contributed by atoms with Crippen LogP contribution in [0.1, 0.15) is 35.5 Å². The predicted molar refractivity (Wildman–Crippen MR) is 112 cm³/mol. The van der Waals surface area contributed by atoms with E-state index >= 15 is 0 Å². The summed E-state index contributed by atoms with van der Waals surface area (Å²) in [6.45, 7) is 2.84. The second-order valence-electron chi connectivity index (χ2n) is 5.93. The lowest BCUT2D eigenvalue weighted by Crippen LogP contribution is -2.15. The standard InChI is InChI=1S/C18H21Cl2N3S.ClH/c1-12-22-17-8-3-2-5-13(17)18(23-12)21-9-10-24-11-14-15(19)6-4-7-16(14)20;/h4,6-7H,2-3,5,8-11H2,1H3,(H,21,22,23);1H. The molecular weight excluding hydrogens is 397 g/mol. The number of anilines is 1. The lowest BCUT2D eigenvalue weighted by molar-refractivity contribution is 0.659. The molecule has 1 heterocycles. The van der Waals surface area contributed by atoms with Crippen LogP contribution in [0.5, 0.6) is 0 Å². The molecule has 1 aliphatic carbocycles. The molecule has 1 aromatic heterocycles. The van der Waals surface area contributed by atoms with Gasteiger partial charge in [-0.1, -0.05) is 29.3 Å². The van der Waals surface area contributed by atoms with Crippen LogP contribution in [0.25, 0.3) is 0 Å². The van der Waals surface area contributed by atoms with E-state index < -0.39 is 0 Å². The molecule has 0 spiro atoms. The second kappa shape index (κ2) is 9.86. The summed E-state index contributed by atoms with van der Waals surface area (Å²) in [7, 11) is 0. The maximum Gasteiger partial charge on any atom is 0.133 e. The minimum absolute atomic E-state index is 0. The van der Waals surface area contributed by atoms with Gasteiger partial charge in [-0.2, -0.15) is 11.8 Å². The average molecular weight is 419 g/mol. The van der Waals surface area contributed by atoms with E-state index in [2.05, 4.69) is 15.3 Å². The van der Waals surface area contributed by atoms with Gasteiger partial charge in [-0.15, -0.1) is 12.4 Å². The van der Waals surface area contributed by atoms with Crippen LogP contribution in [0, 0.1) is 6.92 Å². The first-order chi connectivity index (χ1) is 11.6. The van der Waals surface area contributed by atoms with E-state index in [0.29, 0.717) is 0 Å². The Morgan fingerprint density at radius 2 is 1.84 bits per heavy atom. The van der Waals surface area contributed by atoms with Gasteiger partial charge in [-0.05, 0) is 50.3 Å². The van der Waals surface area contributed by atoms with E-state index in [-0.39, 0.29) is 12.4 Å². The van der Waals surface area contributed by atoms with Gasteiger partial charge in [0.1, 0.15) is 11.6 Å². The van der Waals surface area contributed by atoms with Crippen molar-refractivity contribution in [1.29, 1.82) is 0 Å². The van der Waals surface area contributed by atoms with Crippen molar-refractivity contribution in [3.8, 4) is 0 Å². The SMILES string of the molecule is Cc1nc2c(c(NCCSCc3c(Cl)cccc3Cl)n1)CCCC2.Cl. The van der Waals surface area contributed by atoms with Gasteiger partial charge >= 0.3 is 0 Å². The van der Waals surface area contributed by atoms with Crippen molar-refractivity contribution in [1.82, 2.24) is 9.97 Å². The number of hydrogen-bond acceptors (Lipinski definition) is 4. The third-order valence-electron chi connectivity index (χ3n) is 4.14. The van der Waals surface area contributed by atoms with Gasteiger partial charge in [0.05, 0.1) is 0 Å². The van der Waals surface area contributed by atoms with Crippen LogP contribution >= 0.6 is 47.4 Å². The lowest BCUT2D eigenvalue weighted by atomic mass is 9.96. The van der Waals surface area contributed by atoms with Crippen LogP contribution in [0.4, 0.5) is 5.82 Å². The monoisotopic (exact) mass is 417 g/mol. The Morgan fingerprint density at radius 1 is 1.12 bits per heavy atom. The zero-order valence-corrected chi connectivity index (χ0v) is 17.3. The van der Waals surface area contributed by atoms with Crippen molar-refractivity contribution in [2.75, 3.05) is 17.6 Å². The molecule has 0 bridgehead atoms. The largest absolute Gasteiger partial charge is 0.369 e. The molecule has 1 aliphatic rings. The summed E-state index contributed by atoms with van der Waals surface area (Å²) in [6, 6.07) is 5.65. The molecule has 3 rings (SSSR count). The van der Waals surface area contributed by atoms with E-state index in [1.165, 1.54) is 24.1 Å². The highest BCUT2D eigenvalue weighted by Crippen LogP contribution is 2.28. The Labute approximate surface area is 169 Å². The predicted octanol–water partition coefficient (Wildman–Crippen LogP) is 5.74. The molecule has 2 aromatic rings. The Morgan fingerprint density at radius 3 is 2.60 bits per heavy atom. The van der Waals surface area contributed by atoms with Crippen LogP contribution in [0.3, 0.4) is 0 Å². The number of nitrogens with zero attached hydrogens (tertiary/aromatic N) is 2. The maximum atomic E-state index is 6.20. The quantitative estimate of drug-likeness (QED) is 0.607. The number of rotatable bonds is 6. The number of thioether (sulfide) groups is 1. The summed E-state index contributed by atoms with van der Waals surface area (Å²) < 4.78 is 0. The smallest absolute Gasteiger partial charge is 0.133 e. The molecule has 0 saturated carbocycles. The molecule has 0 fully saturated rings. The Hall–Kier alpha value is -0.680. The third-order valence-corrected chi connectivity index (χ3v) is 5.84. The number of fused-ring (bicyclic) bond motifs is 1. The molecule has 7 heteroatoms. The molecular formula is C18H22Cl3N3S. The molecule has 25 heavy (non-hydrogen) atoms. The summed E-state index contributed by atoms with van der Waals surface area (Å²) in [6.07, 6.45) is 4.62. The summed E-state index contributed by atoms with van der Waals surface area (Å²) in [5.41, 5.74) is 3.55. The summed E-state index contributed by atoms with van der Waals surface area (Å²) in [5.74, 6) is 3.67. The summed E-state index contributed by atoms with van der Waals surface area (Å²) in [5, 5.41) is 4.97. The first-order valence-electron chi connectivity index (χ1n) is 8.26. The van der Waals surface area contributed by atoms with Crippen molar-refractivity contribution < 1.29 is 0 Å². The van der Waals surface area contributed by atoms with E-state index in [4.69, 9.17) is 23.2 Å². The zero-order valence-electron chi connectivity index (χ0n) is 14.1.